The van der Waals surface area contributed by atoms with Gasteiger partial charge in [0.25, 0.3) is 0 Å². The van der Waals surface area contributed by atoms with Gasteiger partial charge in [-0.05, 0) is 23.5 Å². The minimum absolute atomic E-state index is 0.00286. The second-order valence-corrected chi connectivity index (χ2v) is 4.88. The smallest absolute Gasteiger partial charge is 0.311 e. The molecule has 2 atom stereocenters. The molecule has 0 fully saturated rings. The fourth-order valence-corrected chi connectivity index (χ4v) is 2.04. The summed E-state index contributed by atoms with van der Waals surface area (Å²) in [6.45, 7) is 5.95. The molecule has 4 nitrogen and oxygen atoms in total. The normalized spacial score (nSPS) is 14.3. The van der Waals surface area contributed by atoms with Crippen molar-refractivity contribution in [3.63, 3.8) is 0 Å². The molecule has 0 amide bonds. The molecular formula is C14H21NO3. The number of para-hydroxylation sites is 1. The third kappa shape index (κ3) is 2.75. The number of aliphatic carboxylic acids is 1. The summed E-state index contributed by atoms with van der Waals surface area (Å²) < 4.78 is 5.14. The molecule has 0 saturated carbocycles. The number of carboxylic acid groups (broad SMARTS) is 1. The first kappa shape index (κ1) is 14.4. The molecule has 0 heterocycles. The Morgan fingerprint density at radius 3 is 2.39 bits per heavy atom. The number of nitrogen functional groups attached to an aromatic ring is 1. The average molecular weight is 251 g/mol. The van der Waals surface area contributed by atoms with Crippen molar-refractivity contribution in [1.29, 1.82) is 0 Å². The zero-order valence-electron chi connectivity index (χ0n) is 11.3. The molecule has 0 radical (unpaired) electrons. The number of methoxy groups -OCH3 is 1. The molecule has 0 aliphatic rings. The van der Waals surface area contributed by atoms with Gasteiger partial charge in [-0.25, -0.2) is 0 Å². The molecular weight excluding hydrogens is 230 g/mol. The topological polar surface area (TPSA) is 72.5 Å². The predicted molar refractivity (Wildman–Crippen MR) is 71.8 cm³/mol. The fraction of sp³-hybridized carbons (Fsp3) is 0.500. The average Bonchev–Trinajstić information content (AvgIpc) is 2.31. The highest BCUT2D eigenvalue weighted by Gasteiger charge is 2.30. The Morgan fingerprint density at radius 1 is 1.33 bits per heavy atom. The number of hydrogen-bond donors (Lipinski definition) is 2. The van der Waals surface area contributed by atoms with Crippen molar-refractivity contribution in [2.24, 2.45) is 11.8 Å². The summed E-state index contributed by atoms with van der Waals surface area (Å²) in [5.41, 5.74) is 7.03. The summed E-state index contributed by atoms with van der Waals surface area (Å²) in [6.07, 6.45) is 0. The van der Waals surface area contributed by atoms with Crippen LogP contribution in [0.4, 0.5) is 5.69 Å². The van der Waals surface area contributed by atoms with E-state index in [1.807, 2.05) is 20.8 Å². The number of hydrogen-bond acceptors (Lipinski definition) is 3. The van der Waals surface area contributed by atoms with Crippen LogP contribution < -0.4 is 10.5 Å². The van der Waals surface area contributed by atoms with Crippen molar-refractivity contribution >= 4 is 11.7 Å². The third-order valence-electron chi connectivity index (χ3n) is 3.50. The summed E-state index contributed by atoms with van der Waals surface area (Å²) in [5.74, 6) is -0.681. The molecule has 1 aromatic carbocycles. The van der Waals surface area contributed by atoms with Gasteiger partial charge in [0.15, 0.2) is 0 Å². The van der Waals surface area contributed by atoms with Gasteiger partial charge in [0.1, 0.15) is 5.75 Å². The molecule has 4 heteroatoms. The number of rotatable bonds is 5. The van der Waals surface area contributed by atoms with Crippen LogP contribution >= 0.6 is 0 Å². The lowest BCUT2D eigenvalue weighted by Crippen LogP contribution is -2.24. The molecule has 0 aliphatic heterocycles. The van der Waals surface area contributed by atoms with Crippen LogP contribution in [0.5, 0.6) is 5.75 Å². The Bertz CT molecular complexity index is 429. The quantitative estimate of drug-likeness (QED) is 0.789. The van der Waals surface area contributed by atoms with Crippen LogP contribution in [0, 0.1) is 11.8 Å². The number of nitrogens with two attached hydrogens (primary N) is 1. The standard InChI is InChI=1S/C14H21NO3/c1-8(2)9(3)12(14(16)17)10-6-5-7-11(18-4)13(10)15/h5-9,12H,15H2,1-4H3,(H,16,17). The summed E-state index contributed by atoms with van der Waals surface area (Å²) in [5, 5.41) is 9.44. The van der Waals surface area contributed by atoms with E-state index in [9.17, 15) is 9.90 Å². The maximum absolute atomic E-state index is 11.5. The molecule has 18 heavy (non-hydrogen) atoms. The second kappa shape index (κ2) is 5.76. The lowest BCUT2D eigenvalue weighted by atomic mass is 9.80. The largest absolute Gasteiger partial charge is 0.495 e. The SMILES string of the molecule is COc1cccc(C(C(=O)O)C(C)C(C)C)c1N. The van der Waals surface area contributed by atoms with Gasteiger partial charge in [0.2, 0.25) is 0 Å². The predicted octanol–water partition coefficient (Wildman–Crippen LogP) is 2.74. The number of carbonyl (C=O) groups is 1. The first-order chi connectivity index (χ1) is 8.40. The maximum atomic E-state index is 11.5. The van der Waals surface area contributed by atoms with Crippen LogP contribution in [0.2, 0.25) is 0 Å². The summed E-state index contributed by atoms with van der Waals surface area (Å²) in [7, 11) is 1.52. The monoisotopic (exact) mass is 251 g/mol. The second-order valence-electron chi connectivity index (χ2n) is 4.88. The van der Waals surface area contributed by atoms with Gasteiger partial charge in [-0.15, -0.1) is 0 Å². The van der Waals surface area contributed by atoms with E-state index in [4.69, 9.17) is 10.5 Å². The highest BCUT2D eigenvalue weighted by atomic mass is 16.5. The number of carboxylic acids is 1. The van der Waals surface area contributed by atoms with Crippen molar-refractivity contribution in [2.45, 2.75) is 26.7 Å². The van der Waals surface area contributed by atoms with Crippen LogP contribution in [0.1, 0.15) is 32.3 Å². The lowest BCUT2D eigenvalue weighted by Gasteiger charge is -2.25. The van der Waals surface area contributed by atoms with Crippen LogP contribution in [0.3, 0.4) is 0 Å². The Balaban J connectivity index is 3.26. The van der Waals surface area contributed by atoms with Gasteiger partial charge >= 0.3 is 5.97 Å². The highest BCUT2D eigenvalue weighted by molar-refractivity contribution is 5.80. The molecule has 2 unspecified atom stereocenters. The van der Waals surface area contributed by atoms with E-state index in [2.05, 4.69) is 0 Å². The summed E-state index contributed by atoms with van der Waals surface area (Å²) >= 11 is 0. The van der Waals surface area contributed by atoms with Gasteiger partial charge in [-0.1, -0.05) is 32.9 Å². The van der Waals surface area contributed by atoms with E-state index in [0.29, 0.717) is 17.0 Å². The van der Waals surface area contributed by atoms with Crippen molar-refractivity contribution in [3.05, 3.63) is 23.8 Å². The number of anilines is 1. The Kier molecular flexibility index (Phi) is 4.59. The first-order valence-corrected chi connectivity index (χ1v) is 6.05. The van der Waals surface area contributed by atoms with E-state index >= 15 is 0 Å². The highest BCUT2D eigenvalue weighted by Crippen LogP contribution is 2.37. The van der Waals surface area contributed by atoms with Crippen molar-refractivity contribution in [3.8, 4) is 5.75 Å². The van der Waals surface area contributed by atoms with Gasteiger partial charge in [0.05, 0.1) is 18.7 Å². The molecule has 1 aromatic rings. The van der Waals surface area contributed by atoms with Gasteiger partial charge in [-0.2, -0.15) is 0 Å². The van der Waals surface area contributed by atoms with Gasteiger partial charge < -0.3 is 15.6 Å². The molecule has 0 saturated heterocycles. The van der Waals surface area contributed by atoms with E-state index < -0.39 is 11.9 Å². The molecule has 100 valence electrons. The molecule has 0 aromatic heterocycles. The van der Waals surface area contributed by atoms with Crippen LogP contribution in [0.25, 0.3) is 0 Å². The molecule has 0 spiro atoms. The van der Waals surface area contributed by atoms with E-state index in [0.717, 1.165) is 0 Å². The number of benzene rings is 1. The fourth-order valence-electron chi connectivity index (χ4n) is 2.04. The molecule has 0 aliphatic carbocycles. The Labute approximate surface area is 108 Å². The van der Waals surface area contributed by atoms with Crippen molar-refractivity contribution in [2.75, 3.05) is 12.8 Å². The van der Waals surface area contributed by atoms with E-state index in [1.54, 1.807) is 18.2 Å². The Hall–Kier alpha value is -1.71. The molecule has 1 rings (SSSR count). The van der Waals surface area contributed by atoms with Gasteiger partial charge in [0, 0.05) is 0 Å². The Morgan fingerprint density at radius 2 is 1.94 bits per heavy atom. The number of ether oxygens (including phenoxy) is 1. The minimum atomic E-state index is -0.851. The van der Waals surface area contributed by atoms with Gasteiger partial charge in [-0.3, -0.25) is 4.79 Å². The van der Waals surface area contributed by atoms with Crippen LogP contribution in [-0.4, -0.2) is 18.2 Å². The summed E-state index contributed by atoms with van der Waals surface area (Å²) in [6, 6.07) is 5.26. The molecule has 0 bridgehead atoms. The van der Waals surface area contributed by atoms with Crippen LogP contribution in [-0.2, 0) is 4.79 Å². The third-order valence-corrected chi connectivity index (χ3v) is 3.50. The lowest BCUT2D eigenvalue weighted by molar-refractivity contribution is -0.140. The van der Waals surface area contributed by atoms with Crippen LogP contribution in [0.15, 0.2) is 18.2 Å². The summed E-state index contributed by atoms with van der Waals surface area (Å²) in [4.78, 5) is 11.5. The zero-order chi connectivity index (χ0) is 13.9. The van der Waals surface area contributed by atoms with E-state index in [-0.39, 0.29) is 11.8 Å². The molecule has 3 N–H and O–H groups in total. The van der Waals surface area contributed by atoms with Crippen molar-refractivity contribution in [1.82, 2.24) is 0 Å². The minimum Gasteiger partial charge on any atom is -0.495 e. The van der Waals surface area contributed by atoms with Crippen molar-refractivity contribution < 1.29 is 14.6 Å². The zero-order valence-corrected chi connectivity index (χ0v) is 11.3. The maximum Gasteiger partial charge on any atom is 0.311 e. The first-order valence-electron chi connectivity index (χ1n) is 6.05. The van der Waals surface area contributed by atoms with E-state index in [1.165, 1.54) is 7.11 Å².